The number of carbonyl (C=O) groups excluding carboxylic acids is 1. The number of rotatable bonds is 2. The molecule has 1 heterocycles. The lowest BCUT2D eigenvalue weighted by atomic mass is 10.1. The Hall–Kier alpha value is -1.95. The van der Waals surface area contributed by atoms with Gasteiger partial charge in [0.2, 0.25) is 0 Å². The number of halogens is 1. The fraction of sp³-hybridized carbons (Fsp3) is 0.385. The van der Waals surface area contributed by atoms with Gasteiger partial charge in [0.15, 0.2) is 6.04 Å². The minimum Gasteiger partial charge on any atom is -0.480 e. The maximum absolute atomic E-state index is 13.2. The molecule has 1 aliphatic rings. The lowest BCUT2D eigenvalue weighted by molar-refractivity contribution is -0.147. The van der Waals surface area contributed by atoms with Crippen LogP contribution in [0, 0.1) is 12.7 Å². The summed E-state index contributed by atoms with van der Waals surface area (Å²) in [5, 5.41) is 9.07. The van der Waals surface area contributed by atoms with Crippen molar-refractivity contribution >= 4 is 11.9 Å². The number of aryl methyl sites for hydroxylation is 1. The number of aliphatic carboxylic acids is 1. The molecule has 0 unspecified atom stereocenters. The monoisotopic (exact) mass is 267 g/mol. The summed E-state index contributed by atoms with van der Waals surface area (Å²) in [5.41, 5.74) is 0.637. The maximum Gasteiger partial charge on any atom is 0.328 e. The van der Waals surface area contributed by atoms with Crippen molar-refractivity contribution in [1.82, 2.24) is 4.90 Å². The maximum atomic E-state index is 13.2. The minimum atomic E-state index is -1.10. The van der Waals surface area contributed by atoms with E-state index in [1.165, 1.54) is 23.1 Å². The number of amides is 1. The molecule has 1 atom stereocenters. The molecule has 1 aliphatic heterocycles. The zero-order valence-corrected chi connectivity index (χ0v) is 10.4. The van der Waals surface area contributed by atoms with Crippen LogP contribution < -0.4 is 0 Å². The Kier molecular flexibility index (Phi) is 3.80. The number of carboxylic acid groups (broad SMARTS) is 1. The van der Waals surface area contributed by atoms with E-state index in [9.17, 15) is 14.0 Å². The van der Waals surface area contributed by atoms with E-state index in [2.05, 4.69) is 0 Å². The van der Waals surface area contributed by atoms with Gasteiger partial charge in [0.1, 0.15) is 5.82 Å². The van der Waals surface area contributed by atoms with E-state index in [4.69, 9.17) is 9.84 Å². The summed E-state index contributed by atoms with van der Waals surface area (Å²) in [6, 6.07) is 3.00. The van der Waals surface area contributed by atoms with Crippen LogP contribution in [-0.2, 0) is 9.53 Å². The van der Waals surface area contributed by atoms with Crippen molar-refractivity contribution in [3.63, 3.8) is 0 Å². The molecule has 1 fully saturated rings. The van der Waals surface area contributed by atoms with Crippen LogP contribution >= 0.6 is 0 Å². The first-order chi connectivity index (χ1) is 9.00. The summed E-state index contributed by atoms with van der Waals surface area (Å²) in [6.45, 7) is 2.04. The molecule has 1 amide bonds. The van der Waals surface area contributed by atoms with E-state index in [0.29, 0.717) is 12.2 Å². The highest BCUT2D eigenvalue weighted by molar-refractivity contribution is 5.96. The Morgan fingerprint density at radius 3 is 2.84 bits per heavy atom. The van der Waals surface area contributed by atoms with Crippen LogP contribution in [0.15, 0.2) is 18.2 Å². The van der Waals surface area contributed by atoms with Crippen molar-refractivity contribution in [2.24, 2.45) is 0 Å². The van der Waals surface area contributed by atoms with E-state index < -0.39 is 23.7 Å². The third-order valence-corrected chi connectivity index (χ3v) is 3.08. The standard InChI is InChI=1S/C13H14FNO4/c1-8-6-9(2-3-10(8)14)12(16)15-4-5-19-7-11(15)13(17)18/h2-3,6,11H,4-5,7H2,1H3,(H,17,18)/t11-/m1/s1. The third-order valence-electron chi connectivity index (χ3n) is 3.08. The molecule has 19 heavy (non-hydrogen) atoms. The average Bonchev–Trinajstić information content (AvgIpc) is 2.41. The van der Waals surface area contributed by atoms with Crippen LogP contribution in [0.1, 0.15) is 15.9 Å². The summed E-state index contributed by atoms with van der Waals surface area (Å²) in [5.74, 6) is -1.92. The number of nitrogens with zero attached hydrogens (tertiary/aromatic N) is 1. The molecule has 1 N–H and O–H groups in total. The van der Waals surface area contributed by atoms with E-state index in [1.54, 1.807) is 6.92 Å². The fourth-order valence-corrected chi connectivity index (χ4v) is 1.99. The molecule has 2 rings (SSSR count). The zero-order chi connectivity index (χ0) is 14.0. The number of morpholine rings is 1. The number of hydrogen-bond acceptors (Lipinski definition) is 3. The second-order valence-electron chi connectivity index (χ2n) is 4.39. The largest absolute Gasteiger partial charge is 0.480 e. The molecule has 1 saturated heterocycles. The molecule has 0 radical (unpaired) electrons. The van der Waals surface area contributed by atoms with E-state index in [1.807, 2.05) is 0 Å². The van der Waals surface area contributed by atoms with Crippen molar-refractivity contribution in [2.45, 2.75) is 13.0 Å². The number of hydrogen-bond donors (Lipinski definition) is 1. The number of benzene rings is 1. The second kappa shape index (κ2) is 5.36. The predicted molar refractivity (Wildman–Crippen MR) is 64.4 cm³/mol. The second-order valence-corrected chi connectivity index (χ2v) is 4.39. The fourth-order valence-electron chi connectivity index (χ4n) is 1.99. The van der Waals surface area contributed by atoms with Gasteiger partial charge in [0.25, 0.3) is 5.91 Å². The van der Waals surface area contributed by atoms with Crippen molar-refractivity contribution in [2.75, 3.05) is 19.8 Å². The molecule has 102 valence electrons. The van der Waals surface area contributed by atoms with Crippen molar-refractivity contribution in [3.05, 3.63) is 35.1 Å². The Balaban J connectivity index is 2.26. The molecule has 5 nitrogen and oxygen atoms in total. The van der Waals surface area contributed by atoms with Gasteiger partial charge in [-0.2, -0.15) is 0 Å². The lowest BCUT2D eigenvalue weighted by Gasteiger charge is -2.32. The molecule has 6 heteroatoms. The summed E-state index contributed by atoms with van der Waals surface area (Å²) < 4.78 is 18.2. The van der Waals surface area contributed by atoms with Crippen molar-refractivity contribution in [1.29, 1.82) is 0 Å². The summed E-state index contributed by atoms with van der Waals surface area (Å²) in [4.78, 5) is 24.6. The van der Waals surface area contributed by atoms with Gasteiger partial charge in [-0.05, 0) is 30.7 Å². The van der Waals surface area contributed by atoms with Gasteiger partial charge in [-0.1, -0.05) is 0 Å². The third kappa shape index (κ3) is 2.73. The molecule has 0 bridgehead atoms. The lowest BCUT2D eigenvalue weighted by Crippen LogP contribution is -2.52. The molecular formula is C13H14FNO4. The van der Waals surface area contributed by atoms with Crippen LogP contribution in [0.2, 0.25) is 0 Å². The molecule has 0 aliphatic carbocycles. The number of carboxylic acids is 1. The Morgan fingerprint density at radius 1 is 1.47 bits per heavy atom. The SMILES string of the molecule is Cc1cc(C(=O)N2CCOC[C@@H]2C(=O)O)ccc1F. The van der Waals surface area contributed by atoms with E-state index in [0.717, 1.165) is 0 Å². The highest BCUT2D eigenvalue weighted by Gasteiger charge is 2.33. The molecule has 0 saturated carbocycles. The molecule has 0 spiro atoms. The number of carbonyl (C=O) groups is 2. The smallest absolute Gasteiger partial charge is 0.328 e. The Labute approximate surface area is 109 Å². The van der Waals surface area contributed by atoms with E-state index >= 15 is 0 Å². The topological polar surface area (TPSA) is 66.8 Å². The summed E-state index contributed by atoms with van der Waals surface area (Å²) >= 11 is 0. The Morgan fingerprint density at radius 2 is 2.21 bits per heavy atom. The van der Waals surface area contributed by atoms with Gasteiger partial charge in [-0.3, -0.25) is 4.79 Å². The first-order valence-electron chi connectivity index (χ1n) is 5.88. The van der Waals surface area contributed by atoms with Gasteiger partial charge in [-0.25, -0.2) is 9.18 Å². The minimum absolute atomic E-state index is 0.0265. The van der Waals surface area contributed by atoms with Gasteiger partial charge in [0, 0.05) is 12.1 Å². The number of ether oxygens (including phenoxy) is 1. The Bertz CT molecular complexity index is 517. The average molecular weight is 267 g/mol. The van der Waals surface area contributed by atoms with Gasteiger partial charge >= 0.3 is 5.97 Å². The van der Waals surface area contributed by atoms with Crippen molar-refractivity contribution in [3.8, 4) is 0 Å². The summed E-state index contributed by atoms with van der Waals surface area (Å²) in [7, 11) is 0. The van der Waals surface area contributed by atoms with Gasteiger partial charge in [0.05, 0.1) is 13.2 Å². The van der Waals surface area contributed by atoms with E-state index in [-0.39, 0.29) is 18.7 Å². The van der Waals surface area contributed by atoms with Crippen LogP contribution in [0.5, 0.6) is 0 Å². The van der Waals surface area contributed by atoms with Crippen LogP contribution in [0.25, 0.3) is 0 Å². The predicted octanol–water partition coefficient (Wildman–Crippen LogP) is 1.06. The van der Waals surface area contributed by atoms with Crippen LogP contribution in [-0.4, -0.2) is 47.7 Å². The first kappa shape index (κ1) is 13.5. The highest BCUT2D eigenvalue weighted by atomic mass is 19.1. The summed E-state index contributed by atoms with van der Waals surface area (Å²) in [6.07, 6.45) is 0. The normalized spacial score (nSPS) is 19.3. The molecule has 0 aromatic heterocycles. The molecular weight excluding hydrogens is 253 g/mol. The molecule has 1 aromatic carbocycles. The quantitative estimate of drug-likeness (QED) is 0.870. The van der Waals surface area contributed by atoms with Gasteiger partial charge < -0.3 is 14.7 Å². The van der Waals surface area contributed by atoms with Crippen LogP contribution in [0.4, 0.5) is 4.39 Å². The zero-order valence-electron chi connectivity index (χ0n) is 10.4. The first-order valence-corrected chi connectivity index (χ1v) is 5.88. The highest BCUT2D eigenvalue weighted by Crippen LogP contribution is 2.15. The van der Waals surface area contributed by atoms with Gasteiger partial charge in [-0.15, -0.1) is 0 Å². The molecule has 1 aromatic rings. The van der Waals surface area contributed by atoms with Crippen molar-refractivity contribution < 1.29 is 23.8 Å². The van der Waals surface area contributed by atoms with Crippen LogP contribution in [0.3, 0.4) is 0 Å².